The fourth-order valence-corrected chi connectivity index (χ4v) is 4.18. The predicted octanol–water partition coefficient (Wildman–Crippen LogP) is 4.02. The maximum absolute atomic E-state index is 12.9. The number of halogens is 2. The molecule has 138 valence electrons. The van der Waals surface area contributed by atoms with Gasteiger partial charge < -0.3 is 4.90 Å². The molecule has 2 atom stereocenters. The molecule has 0 fully saturated rings. The Morgan fingerprint density at radius 1 is 1.27 bits per heavy atom. The van der Waals surface area contributed by atoms with E-state index in [1.165, 1.54) is 11.1 Å². The summed E-state index contributed by atoms with van der Waals surface area (Å²) in [4.78, 5) is 14.8. The van der Waals surface area contributed by atoms with Gasteiger partial charge in [-0.05, 0) is 35.2 Å². The zero-order valence-corrected chi connectivity index (χ0v) is 16.9. The molecular formula is C19H20Cl2N2O2S. The topological polar surface area (TPSA) is 49.4 Å². The van der Waals surface area contributed by atoms with Gasteiger partial charge in [-0.2, -0.15) is 0 Å². The van der Waals surface area contributed by atoms with E-state index < -0.39 is 11.0 Å². The molecule has 1 aliphatic rings. The molecule has 0 bridgehead atoms. The van der Waals surface area contributed by atoms with Gasteiger partial charge in [-0.15, -0.1) is 0 Å². The van der Waals surface area contributed by atoms with Crippen LogP contribution in [-0.4, -0.2) is 21.3 Å². The molecule has 4 nitrogen and oxygen atoms in total. The number of hydrogen-bond acceptors (Lipinski definition) is 2. The summed E-state index contributed by atoms with van der Waals surface area (Å²) in [5.41, 5.74) is 3.74. The van der Waals surface area contributed by atoms with Gasteiger partial charge in [0.1, 0.15) is 0 Å². The molecule has 0 radical (unpaired) electrons. The maximum atomic E-state index is 12.9. The average molecular weight is 411 g/mol. The number of fused-ring (bicyclic) bond motifs is 1. The Morgan fingerprint density at radius 3 is 2.69 bits per heavy atom. The predicted molar refractivity (Wildman–Crippen MR) is 106 cm³/mol. The van der Waals surface area contributed by atoms with Crippen LogP contribution in [0.1, 0.15) is 35.2 Å². The minimum Gasteiger partial charge on any atom is -0.331 e. The highest BCUT2D eigenvalue weighted by molar-refractivity contribution is 7.82. The molecule has 0 spiro atoms. The van der Waals surface area contributed by atoms with E-state index >= 15 is 0 Å². The lowest BCUT2D eigenvalue weighted by atomic mass is 10.1. The van der Waals surface area contributed by atoms with Crippen molar-refractivity contribution in [3.8, 4) is 0 Å². The fraction of sp³-hybridized carbons (Fsp3) is 0.316. The van der Waals surface area contributed by atoms with Crippen LogP contribution in [0, 0.1) is 0 Å². The molecule has 1 amide bonds. The number of benzene rings is 2. The van der Waals surface area contributed by atoms with Crippen molar-refractivity contribution in [2.24, 2.45) is 0 Å². The smallest absolute Gasteiger partial charge is 0.227 e. The number of nitrogens with one attached hydrogen (secondary N) is 1. The number of amides is 1. The third-order valence-electron chi connectivity index (χ3n) is 4.69. The number of carbonyl (C=O) groups excluding carboxylic acids is 1. The molecule has 1 aliphatic heterocycles. The number of rotatable bonds is 5. The highest BCUT2D eigenvalue weighted by Gasteiger charge is 2.30. The van der Waals surface area contributed by atoms with E-state index in [2.05, 4.69) is 16.9 Å². The Bertz CT molecular complexity index is 873. The van der Waals surface area contributed by atoms with Crippen LogP contribution in [0.5, 0.6) is 0 Å². The molecule has 2 aromatic carbocycles. The highest BCUT2D eigenvalue weighted by Crippen LogP contribution is 2.35. The maximum Gasteiger partial charge on any atom is 0.227 e. The summed E-state index contributed by atoms with van der Waals surface area (Å²) >= 11 is 12.8. The van der Waals surface area contributed by atoms with Crippen molar-refractivity contribution in [2.75, 3.05) is 6.26 Å². The van der Waals surface area contributed by atoms with Gasteiger partial charge in [0, 0.05) is 24.4 Å². The van der Waals surface area contributed by atoms with Crippen LogP contribution in [0.3, 0.4) is 0 Å². The molecule has 2 aromatic rings. The summed E-state index contributed by atoms with van der Waals surface area (Å²) in [7, 11) is -1.14. The number of carbonyl (C=O) groups is 1. The van der Waals surface area contributed by atoms with Crippen molar-refractivity contribution < 1.29 is 9.00 Å². The first-order valence-corrected chi connectivity index (χ1v) is 10.6. The molecule has 7 heteroatoms. The lowest BCUT2D eigenvalue weighted by molar-refractivity contribution is -0.132. The van der Waals surface area contributed by atoms with Gasteiger partial charge in [0.05, 0.1) is 28.5 Å². The SMILES string of the molecule is CC1c2ccccc2CN1C(=O)Cc1c(Cl)ccc(CNS(C)=O)c1Cl. The van der Waals surface area contributed by atoms with E-state index in [-0.39, 0.29) is 18.4 Å². The summed E-state index contributed by atoms with van der Waals surface area (Å²) in [6.45, 7) is 2.98. The van der Waals surface area contributed by atoms with Crippen LogP contribution in [0.15, 0.2) is 36.4 Å². The van der Waals surface area contributed by atoms with Crippen molar-refractivity contribution in [3.05, 3.63) is 68.7 Å². The second kappa shape index (κ2) is 8.09. The highest BCUT2D eigenvalue weighted by atomic mass is 35.5. The molecule has 3 rings (SSSR count). The Labute approximate surface area is 166 Å². The molecular weight excluding hydrogens is 391 g/mol. The molecule has 2 unspecified atom stereocenters. The quantitative estimate of drug-likeness (QED) is 0.808. The molecule has 1 heterocycles. The van der Waals surface area contributed by atoms with Crippen LogP contribution >= 0.6 is 23.2 Å². The lowest BCUT2D eigenvalue weighted by Gasteiger charge is -2.23. The first-order valence-electron chi connectivity index (χ1n) is 8.28. The zero-order chi connectivity index (χ0) is 18.8. The third kappa shape index (κ3) is 3.96. The van der Waals surface area contributed by atoms with E-state index in [4.69, 9.17) is 23.2 Å². The summed E-state index contributed by atoms with van der Waals surface area (Å²) in [5.74, 6) is -0.0123. The monoisotopic (exact) mass is 410 g/mol. The summed E-state index contributed by atoms with van der Waals surface area (Å²) in [6, 6.07) is 11.6. The standard InChI is InChI=1S/C19H20Cl2N2O2S/c1-12-15-6-4-3-5-14(15)11-23(12)18(24)9-16-17(20)8-7-13(19(16)21)10-22-26(2)25/h3-8,12,22H,9-11H2,1-2H3. The number of hydrogen-bond donors (Lipinski definition) is 1. The largest absolute Gasteiger partial charge is 0.331 e. The van der Waals surface area contributed by atoms with Gasteiger partial charge in [0.25, 0.3) is 0 Å². The van der Waals surface area contributed by atoms with Crippen molar-refractivity contribution in [1.29, 1.82) is 0 Å². The Hall–Kier alpha value is -1.40. The van der Waals surface area contributed by atoms with Gasteiger partial charge >= 0.3 is 0 Å². The van der Waals surface area contributed by atoms with Gasteiger partial charge in [0.2, 0.25) is 5.91 Å². The van der Waals surface area contributed by atoms with E-state index in [1.807, 2.05) is 24.0 Å². The second-order valence-electron chi connectivity index (χ2n) is 6.35. The Kier molecular flexibility index (Phi) is 6.03. The first kappa shape index (κ1) is 19.4. The lowest BCUT2D eigenvalue weighted by Crippen LogP contribution is -2.29. The Morgan fingerprint density at radius 2 is 2.00 bits per heavy atom. The molecule has 26 heavy (non-hydrogen) atoms. The normalized spacial score (nSPS) is 17.2. The van der Waals surface area contributed by atoms with E-state index in [0.717, 1.165) is 5.56 Å². The molecule has 0 saturated heterocycles. The van der Waals surface area contributed by atoms with Crippen LogP contribution in [0.4, 0.5) is 0 Å². The molecule has 0 aliphatic carbocycles. The van der Waals surface area contributed by atoms with Crippen LogP contribution in [0.2, 0.25) is 10.0 Å². The fourth-order valence-electron chi connectivity index (χ4n) is 3.26. The van der Waals surface area contributed by atoms with E-state index in [1.54, 1.807) is 18.4 Å². The average Bonchev–Trinajstić information content (AvgIpc) is 2.95. The van der Waals surface area contributed by atoms with Crippen molar-refractivity contribution in [2.45, 2.75) is 32.5 Å². The number of nitrogens with zero attached hydrogens (tertiary/aromatic N) is 1. The minimum atomic E-state index is -1.14. The second-order valence-corrected chi connectivity index (χ2v) is 8.33. The van der Waals surface area contributed by atoms with Crippen molar-refractivity contribution in [3.63, 3.8) is 0 Å². The van der Waals surface area contributed by atoms with Gasteiger partial charge in [-0.1, -0.05) is 53.5 Å². The van der Waals surface area contributed by atoms with Crippen LogP contribution in [0.25, 0.3) is 0 Å². The molecule has 0 aromatic heterocycles. The van der Waals surface area contributed by atoms with Crippen molar-refractivity contribution >= 4 is 40.1 Å². The summed E-state index contributed by atoms with van der Waals surface area (Å²) < 4.78 is 14.1. The minimum absolute atomic E-state index is 0.0123. The molecule has 1 N–H and O–H groups in total. The van der Waals surface area contributed by atoms with Crippen LogP contribution < -0.4 is 4.72 Å². The van der Waals surface area contributed by atoms with Crippen LogP contribution in [-0.2, 0) is 35.3 Å². The third-order valence-corrected chi connectivity index (χ3v) is 6.07. The van der Waals surface area contributed by atoms with E-state index in [9.17, 15) is 9.00 Å². The molecule has 0 saturated carbocycles. The zero-order valence-electron chi connectivity index (χ0n) is 14.6. The van der Waals surface area contributed by atoms with E-state index in [0.29, 0.717) is 28.7 Å². The first-order chi connectivity index (χ1) is 12.4. The van der Waals surface area contributed by atoms with Gasteiger partial charge in [0.15, 0.2) is 0 Å². The summed E-state index contributed by atoms with van der Waals surface area (Å²) in [6.07, 6.45) is 1.69. The van der Waals surface area contributed by atoms with Gasteiger partial charge in [-0.25, -0.2) is 8.93 Å². The summed E-state index contributed by atoms with van der Waals surface area (Å²) in [5, 5.41) is 0.919. The van der Waals surface area contributed by atoms with Crippen molar-refractivity contribution in [1.82, 2.24) is 9.62 Å². The van der Waals surface area contributed by atoms with Gasteiger partial charge in [-0.3, -0.25) is 4.79 Å². The Balaban J connectivity index is 1.80.